The summed E-state index contributed by atoms with van der Waals surface area (Å²) in [6, 6.07) is 6.86. The highest BCUT2D eigenvalue weighted by molar-refractivity contribution is 5.93. The van der Waals surface area contributed by atoms with Crippen molar-refractivity contribution in [2.24, 2.45) is 5.92 Å². The van der Waals surface area contributed by atoms with Crippen LogP contribution in [0.2, 0.25) is 0 Å². The first-order chi connectivity index (χ1) is 13.1. The molecule has 1 saturated heterocycles. The number of aromatic nitrogens is 2. The molecule has 2 heterocycles. The Bertz CT molecular complexity index is 790. The van der Waals surface area contributed by atoms with Gasteiger partial charge in [-0.05, 0) is 49.9 Å². The second-order valence-corrected chi connectivity index (χ2v) is 6.72. The molecule has 3 rings (SSSR count). The van der Waals surface area contributed by atoms with Gasteiger partial charge in [-0.25, -0.2) is 14.8 Å². The number of nitrogens with one attached hydrogen (secondary N) is 1. The van der Waals surface area contributed by atoms with Crippen molar-refractivity contribution in [1.29, 1.82) is 0 Å². The third-order valence-electron chi connectivity index (χ3n) is 4.50. The Kier molecular flexibility index (Phi) is 6.01. The molecule has 7 nitrogen and oxygen atoms in total. The topological polar surface area (TPSA) is 84.4 Å². The molecule has 27 heavy (non-hydrogen) atoms. The third kappa shape index (κ3) is 4.81. The van der Waals surface area contributed by atoms with Crippen LogP contribution in [0.15, 0.2) is 36.7 Å². The second-order valence-electron chi connectivity index (χ2n) is 6.72. The minimum absolute atomic E-state index is 0.0214. The zero-order valence-electron chi connectivity index (χ0n) is 15.6. The van der Waals surface area contributed by atoms with E-state index in [1.165, 1.54) is 0 Å². The number of carbonyl (C=O) groups is 2. The average molecular weight is 368 g/mol. The average Bonchev–Trinajstić information content (AvgIpc) is 2.69. The standard InChI is InChI=1S/C20H24N4O3/c1-3-27-19(26)15-6-8-17(9-7-15)23-20-21-11-16(12-22-20)18(25)24-10-4-5-14(2)13-24/h6-9,11-12,14H,3-5,10,13H2,1-2H3,(H,21,22,23). The molecule has 7 heteroatoms. The van der Waals surface area contributed by atoms with Gasteiger partial charge in [0.05, 0.1) is 17.7 Å². The molecule has 0 aliphatic carbocycles. The predicted molar refractivity (Wildman–Crippen MR) is 102 cm³/mol. The molecule has 1 aliphatic heterocycles. The van der Waals surface area contributed by atoms with E-state index in [-0.39, 0.29) is 11.9 Å². The molecule has 0 bridgehead atoms. The van der Waals surface area contributed by atoms with Gasteiger partial charge < -0.3 is 15.0 Å². The number of hydrogen-bond donors (Lipinski definition) is 1. The van der Waals surface area contributed by atoms with Crippen molar-refractivity contribution in [3.05, 3.63) is 47.8 Å². The smallest absolute Gasteiger partial charge is 0.338 e. The van der Waals surface area contributed by atoms with E-state index in [1.807, 2.05) is 4.90 Å². The minimum atomic E-state index is -0.352. The molecule has 1 unspecified atom stereocenters. The predicted octanol–water partition coefficient (Wildman–Crippen LogP) is 3.27. The number of carbonyl (C=O) groups excluding carboxylic acids is 2. The minimum Gasteiger partial charge on any atom is -0.462 e. The van der Waals surface area contributed by atoms with E-state index >= 15 is 0 Å². The lowest BCUT2D eigenvalue weighted by Gasteiger charge is -2.30. The first-order valence-electron chi connectivity index (χ1n) is 9.22. The highest BCUT2D eigenvalue weighted by Gasteiger charge is 2.22. The number of esters is 1. The summed E-state index contributed by atoms with van der Waals surface area (Å²) in [5.74, 6) is 0.548. The van der Waals surface area contributed by atoms with Crippen molar-refractivity contribution in [3.63, 3.8) is 0 Å². The number of ether oxygens (including phenoxy) is 1. The van der Waals surface area contributed by atoms with Crippen LogP contribution in [-0.4, -0.2) is 46.4 Å². The zero-order chi connectivity index (χ0) is 19.2. The summed E-state index contributed by atoms with van der Waals surface area (Å²) in [4.78, 5) is 34.6. The Hall–Kier alpha value is -2.96. The molecule has 0 saturated carbocycles. The molecule has 1 amide bonds. The van der Waals surface area contributed by atoms with Crippen LogP contribution in [0.25, 0.3) is 0 Å². The number of amides is 1. The van der Waals surface area contributed by atoms with Crippen LogP contribution in [0.1, 0.15) is 47.4 Å². The normalized spacial score (nSPS) is 16.7. The summed E-state index contributed by atoms with van der Waals surface area (Å²) in [5.41, 5.74) is 1.72. The van der Waals surface area contributed by atoms with Crippen molar-refractivity contribution >= 4 is 23.5 Å². The molecule has 0 spiro atoms. The third-order valence-corrected chi connectivity index (χ3v) is 4.50. The highest BCUT2D eigenvalue weighted by Crippen LogP contribution is 2.18. The number of rotatable bonds is 5. The van der Waals surface area contributed by atoms with Gasteiger partial charge in [0.15, 0.2) is 0 Å². The van der Waals surface area contributed by atoms with E-state index in [0.29, 0.717) is 29.6 Å². The summed E-state index contributed by atoms with van der Waals surface area (Å²) < 4.78 is 4.96. The van der Waals surface area contributed by atoms with Gasteiger partial charge in [0.25, 0.3) is 5.91 Å². The zero-order valence-corrected chi connectivity index (χ0v) is 15.6. The fourth-order valence-corrected chi connectivity index (χ4v) is 3.09. The van der Waals surface area contributed by atoms with Gasteiger partial charge in [-0.15, -0.1) is 0 Å². The monoisotopic (exact) mass is 368 g/mol. The Balaban J connectivity index is 1.62. The van der Waals surface area contributed by atoms with Crippen LogP contribution in [0.4, 0.5) is 11.6 Å². The molecule has 1 N–H and O–H groups in total. The van der Waals surface area contributed by atoms with Gasteiger partial charge in [0.2, 0.25) is 5.95 Å². The molecule has 1 fully saturated rings. The van der Waals surface area contributed by atoms with Crippen molar-refractivity contribution in [1.82, 2.24) is 14.9 Å². The number of hydrogen-bond acceptors (Lipinski definition) is 6. The van der Waals surface area contributed by atoms with Gasteiger partial charge in [-0.3, -0.25) is 4.79 Å². The summed E-state index contributed by atoms with van der Waals surface area (Å²) in [7, 11) is 0. The van der Waals surface area contributed by atoms with Gasteiger partial charge in [0, 0.05) is 31.2 Å². The summed E-state index contributed by atoms with van der Waals surface area (Å²) in [6.45, 7) is 5.84. The van der Waals surface area contributed by atoms with E-state index in [4.69, 9.17) is 4.74 Å². The van der Waals surface area contributed by atoms with Crippen LogP contribution in [-0.2, 0) is 4.74 Å². The van der Waals surface area contributed by atoms with E-state index < -0.39 is 0 Å². The maximum Gasteiger partial charge on any atom is 0.338 e. The van der Waals surface area contributed by atoms with E-state index in [0.717, 1.165) is 31.6 Å². The van der Waals surface area contributed by atoms with E-state index in [2.05, 4.69) is 22.2 Å². The van der Waals surface area contributed by atoms with E-state index in [9.17, 15) is 9.59 Å². The molecular weight excluding hydrogens is 344 g/mol. The van der Waals surface area contributed by atoms with Gasteiger partial charge in [0.1, 0.15) is 0 Å². The molecule has 1 aliphatic rings. The first kappa shape index (κ1) is 18.8. The maximum atomic E-state index is 12.6. The number of benzene rings is 1. The van der Waals surface area contributed by atoms with Crippen molar-refractivity contribution in [3.8, 4) is 0 Å². The molecule has 0 radical (unpaired) electrons. The number of anilines is 2. The highest BCUT2D eigenvalue weighted by atomic mass is 16.5. The van der Waals surface area contributed by atoms with Gasteiger partial charge in [-0.2, -0.15) is 0 Å². The molecule has 2 aromatic rings. The van der Waals surface area contributed by atoms with E-state index in [1.54, 1.807) is 43.6 Å². The molecule has 1 aromatic carbocycles. The number of likely N-dealkylation sites (tertiary alicyclic amines) is 1. The lowest BCUT2D eigenvalue weighted by atomic mass is 10.00. The fourth-order valence-electron chi connectivity index (χ4n) is 3.09. The molecular formula is C20H24N4O3. The van der Waals surface area contributed by atoms with Crippen LogP contribution < -0.4 is 5.32 Å². The summed E-state index contributed by atoms with van der Waals surface area (Å²) >= 11 is 0. The second kappa shape index (κ2) is 8.62. The molecule has 142 valence electrons. The maximum absolute atomic E-state index is 12.6. The molecule has 1 atom stereocenters. The van der Waals surface area contributed by atoms with Crippen LogP contribution in [0.3, 0.4) is 0 Å². The fraction of sp³-hybridized carbons (Fsp3) is 0.400. The lowest BCUT2D eigenvalue weighted by molar-refractivity contribution is 0.0526. The number of piperidine rings is 1. The van der Waals surface area contributed by atoms with Gasteiger partial charge >= 0.3 is 5.97 Å². The van der Waals surface area contributed by atoms with Gasteiger partial charge in [-0.1, -0.05) is 6.92 Å². The Labute approximate surface area is 158 Å². The Morgan fingerprint density at radius 3 is 2.52 bits per heavy atom. The summed E-state index contributed by atoms with van der Waals surface area (Å²) in [6.07, 6.45) is 5.29. The largest absolute Gasteiger partial charge is 0.462 e. The SMILES string of the molecule is CCOC(=O)c1ccc(Nc2ncc(C(=O)N3CCCC(C)C3)cn2)cc1. The van der Waals surface area contributed by atoms with Crippen LogP contribution in [0.5, 0.6) is 0 Å². The molecule has 1 aromatic heterocycles. The van der Waals surface area contributed by atoms with Crippen LogP contribution in [0, 0.1) is 5.92 Å². The first-order valence-corrected chi connectivity index (χ1v) is 9.22. The lowest BCUT2D eigenvalue weighted by Crippen LogP contribution is -2.39. The quantitative estimate of drug-likeness (QED) is 0.816. The van der Waals surface area contributed by atoms with Crippen LogP contribution >= 0.6 is 0 Å². The Morgan fingerprint density at radius 2 is 1.89 bits per heavy atom. The Morgan fingerprint density at radius 1 is 1.19 bits per heavy atom. The van der Waals surface area contributed by atoms with Crippen molar-refractivity contribution in [2.45, 2.75) is 26.7 Å². The van der Waals surface area contributed by atoms with Crippen molar-refractivity contribution < 1.29 is 14.3 Å². The summed E-state index contributed by atoms with van der Waals surface area (Å²) in [5, 5.41) is 3.06. The number of nitrogens with zero attached hydrogens (tertiary/aromatic N) is 3. The van der Waals surface area contributed by atoms with Crippen molar-refractivity contribution in [2.75, 3.05) is 25.0 Å².